The van der Waals surface area contributed by atoms with Crippen LogP contribution in [0.15, 0.2) is 24.3 Å². The van der Waals surface area contributed by atoms with Gasteiger partial charge in [0, 0.05) is 6.42 Å². The Bertz CT molecular complexity index is 476. The number of benzene rings is 1. The van der Waals surface area contributed by atoms with Crippen molar-refractivity contribution >= 4 is 29.1 Å². The zero-order valence-corrected chi connectivity index (χ0v) is 9.82. The van der Waals surface area contributed by atoms with Gasteiger partial charge in [-0.1, -0.05) is 19.1 Å². The van der Waals surface area contributed by atoms with Crippen LogP contribution in [-0.4, -0.2) is 23.8 Å². The van der Waals surface area contributed by atoms with Crippen molar-refractivity contribution in [2.75, 3.05) is 10.6 Å². The lowest BCUT2D eigenvalue weighted by Crippen LogP contribution is -2.49. The van der Waals surface area contributed by atoms with Crippen LogP contribution in [-0.2, 0) is 14.4 Å². The first-order valence-electron chi connectivity index (χ1n) is 5.62. The molecule has 1 aliphatic rings. The third kappa shape index (κ3) is 2.32. The highest BCUT2D eigenvalue weighted by molar-refractivity contribution is 6.19. The SMILES string of the molecule is CCC(=O)NC1C(=O)Nc2ccccc2NC1=O. The molecular weight excluding hydrogens is 234 g/mol. The molecule has 2 rings (SSSR count). The molecule has 1 aromatic rings. The Balaban J connectivity index is 2.25. The predicted octanol–water partition coefficient (Wildman–Crippen LogP) is 0.472. The van der Waals surface area contributed by atoms with E-state index in [0.29, 0.717) is 11.4 Å². The fourth-order valence-electron chi connectivity index (χ4n) is 1.62. The molecule has 1 aromatic carbocycles. The molecule has 0 saturated heterocycles. The maximum atomic E-state index is 11.9. The highest BCUT2D eigenvalue weighted by Crippen LogP contribution is 2.23. The molecule has 1 heterocycles. The maximum absolute atomic E-state index is 11.9. The lowest BCUT2D eigenvalue weighted by molar-refractivity contribution is -0.132. The van der Waals surface area contributed by atoms with Crippen LogP contribution in [0.3, 0.4) is 0 Å². The van der Waals surface area contributed by atoms with Crippen molar-refractivity contribution in [1.29, 1.82) is 0 Å². The normalized spacial score (nSPS) is 15.2. The molecule has 0 aromatic heterocycles. The maximum Gasteiger partial charge on any atom is 0.256 e. The first-order chi connectivity index (χ1) is 8.61. The Morgan fingerprint density at radius 1 is 1.17 bits per heavy atom. The summed E-state index contributed by atoms with van der Waals surface area (Å²) in [5, 5.41) is 7.57. The van der Waals surface area contributed by atoms with Crippen LogP contribution in [0, 0.1) is 0 Å². The largest absolute Gasteiger partial charge is 0.337 e. The molecule has 3 amide bonds. The van der Waals surface area contributed by atoms with Crippen molar-refractivity contribution in [3.05, 3.63) is 24.3 Å². The molecule has 1 aliphatic heterocycles. The van der Waals surface area contributed by atoms with Gasteiger partial charge in [-0.2, -0.15) is 0 Å². The fourth-order valence-corrected chi connectivity index (χ4v) is 1.62. The van der Waals surface area contributed by atoms with Crippen LogP contribution in [0.5, 0.6) is 0 Å². The lowest BCUT2D eigenvalue weighted by Gasteiger charge is -2.13. The van der Waals surface area contributed by atoms with Gasteiger partial charge in [0.1, 0.15) is 0 Å². The number of fused-ring (bicyclic) bond motifs is 1. The summed E-state index contributed by atoms with van der Waals surface area (Å²) in [5.74, 6) is -1.44. The van der Waals surface area contributed by atoms with E-state index in [2.05, 4.69) is 16.0 Å². The molecule has 0 aliphatic carbocycles. The average molecular weight is 247 g/mol. The van der Waals surface area contributed by atoms with E-state index < -0.39 is 17.9 Å². The molecule has 0 bridgehead atoms. The van der Waals surface area contributed by atoms with E-state index in [1.165, 1.54) is 0 Å². The Morgan fingerprint density at radius 2 is 1.67 bits per heavy atom. The van der Waals surface area contributed by atoms with Gasteiger partial charge in [0.25, 0.3) is 11.8 Å². The minimum atomic E-state index is -1.20. The second-order valence-corrected chi connectivity index (χ2v) is 3.88. The molecule has 3 N–H and O–H groups in total. The van der Waals surface area contributed by atoms with Crippen LogP contribution in [0.25, 0.3) is 0 Å². The van der Waals surface area contributed by atoms with Crippen molar-refractivity contribution in [3.8, 4) is 0 Å². The Hall–Kier alpha value is -2.37. The molecule has 6 nitrogen and oxygen atoms in total. The molecular formula is C12H13N3O3. The number of para-hydroxylation sites is 2. The summed E-state index contributed by atoms with van der Waals surface area (Å²) in [6.45, 7) is 1.65. The molecule has 94 valence electrons. The third-order valence-corrected chi connectivity index (χ3v) is 2.59. The van der Waals surface area contributed by atoms with Crippen molar-refractivity contribution in [2.24, 2.45) is 0 Å². The van der Waals surface area contributed by atoms with E-state index in [0.717, 1.165) is 0 Å². The predicted molar refractivity (Wildman–Crippen MR) is 65.9 cm³/mol. The quantitative estimate of drug-likeness (QED) is 0.664. The molecule has 6 heteroatoms. The van der Waals surface area contributed by atoms with E-state index in [1.54, 1.807) is 31.2 Å². The first-order valence-corrected chi connectivity index (χ1v) is 5.62. The zero-order valence-electron chi connectivity index (χ0n) is 9.82. The molecule has 0 spiro atoms. The monoisotopic (exact) mass is 247 g/mol. The van der Waals surface area contributed by atoms with Crippen molar-refractivity contribution in [3.63, 3.8) is 0 Å². The standard InChI is InChI=1S/C12H13N3O3/c1-2-9(16)15-10-11(17)13-7-5-3-4-6-8(7)14-12(10)18/h3-6,10H,2H2,1H3,(H,13,17)(H,14,18)(H,15,16). The number of amides is 3. The summed E-state index contributed by atoms with van der Waals surface area (Å²) in [5.41, 5.74) is 1.04. The number of hydrogen-bond acceptors (Lipinski definition) is 3. The smallest absolute Gasteiger partial charge is 0.256 e. The van der Waals surface area contributed by atoms with Crippen molar-refractivity contribution in [2.45, 2.75) is 19.4 Å². The van der Waals surface area contributed by atoms with Crippen LogP contribution in [0.2, 0.25) is 0 Å². The van der Waals surface area contributed by atoms with Gasteiger partial charge in [0.15, 0.2) is 6.04 Å². The number of carbonyl (C=O) groups is 3. The molecule has 18 heavy (non-hydrogen) atoms. The van der Waals surface area contributed by atoms with Crippen molar-refractivity contribution < 1.29 is 14.4 Å². The molecule has 0 radical (unpaired) electrons. The van der Waals surface area contributed by atoms with Crippen LogP contribution in [0.4, 0.5) is 11.4 Å². The van der Waals surface area contributed by atoms with E-state index in [1.807, 2.05) is 0 Å². The highest BCUT2D eigenvalue weighted by atomic mass is 16.2. The lowest BCUT2D eigenvalue weighted by atomic mass is 10.2. The summed E-state index contributed by atoms with van der Waals surface area (Å²) in [7, 11) is 0. The molecule has 0 unspecified atom stereocenters. The van der Waals surface area contributed by atoms with E-state index in [-0.39, 0.29) is 12.3 Å². The fraction of sp³-hybridized carbons (Fsp3) is 0.250. The van der Waals surface area contributed by atoms with Gasteiger partial charge >= 0.3 is 0 Å². The van der Waals surface area contributed by atoms with Gasteiger partial charge in [0.2, 0.25) is 5.91 Å². The van der Waals surface area contributed by atoms with Gasteiger partial charge in [-0.15, -0.1) is 0 Å². The third-order valence-electron chi connectivity index (χ3n) is 2.59. The van der Waals surface area contributed by atoms with E-state index >= 15 is 0 Å². The van der Waals surface area contributed by atoms with Crippen molar-refractivity contribution in [1.82, 2.24) is 5.32 Å². The van der Waals surface area contributed by atoms with Gasteiger partial charge in [-0.25, -0.2) is 0 Å². The number of hydrogen-bond donors (Lipinski definition) is 3. The topological polar surface area (TPSA) is 87.3 Å². The van der Waals surface area contributed by atoms with E-state index in [9.17, 15) is 14.4 Å². The number of rotatable bonds is 2. The van der Waals surface area contributed by atoms with Crippen LogP contribution in [0.1, 0.15) is 13.3 Å². The first kappa shape index (κ1) is 12.1. The summed E-state index contributed by atoms with van der Waals surface area (Å²) in [6, 6.07) is 5.64. The highest BCUT2D eigenvalue weighted by Gasteiger charge is 2.31. The number of carbonyl (C=O) groups excluding carboxylic acids is 3. The van der Waals surface area contributed by atoms with E-state index in [4.69, 9.17) is 0 Å². The Kier molecular flexibility index (Phi) is 3.27. The number of nitrogens with one attached hydrogen (secondary N) is 3. The average Bonchev–Trinajstić information content (AvgIpc) is 2.47. The molecule has 0 fully saturated rings. The van der Waals surface area contributed by atoms with Crippen LogP contribution >= 0.6 is 0 Å². The Morgan fingerprint density at radius 3 is 2.11 bits per heavy atom. The van der Waals surface area contributed by atoms with Gasteiger partial charge in [-0.3, -0.25) is 14.4 Å². The van der Waals surface area contributed by atoms with Gasteiger partial charge in [0.05, 0.1) is 11.4 Å². The number of anilines is 2. The second kappa shape index (κ2) is 4.87. The van der Waals surface area contributed by atoms with Gasteiger partial charge in [-0.05, 0) is 12.1 Å². The van der Waals surface area contributed by atoms with Crippen LogP contribution < -0.4 is 16.0 Å². The minimum Gasteiger partial charge on any atom is -0.337 e. The molecule has 0 saturated carbocycles. The summed E-state index contributed by atoms with van der Waals surface area (Å²) in [6.07, 6.45) is 0.212. The summed E-state index contributed by atoms with van der Waals surface area (Å²) < 4.78 is 0. The summed E-state index contributed by atoms with van der Waals surface area (Å²) in [4.78, 5) is 35.0. The van der Waals surface area contributed by atoms with Gasteiger partial charge < -0.3 is 16.0 Å². The molecule has 0 atom stereocenters. The summed E-state index contributed by atoms with van der Waals surface area (Å²) >= 11 is 0. The minimum absolute atomic E-state index is 0.212. The second-order valence-electron chi connectivity index (χ2n) is 3.88. The Labute approximate surface area is 104 Å². The zero-order chi connectivity index (χ0) is 13.1.